The van der Waals surface area contributed by atoms with Crippen molar-refractivity contribution >= 4 is 16.1 Å². The maximum absolute atomic E-state index is 11.4. The Hall–Kier alpha value is -0.780. The lowest BCUT2D eigenvalue weighted by Crippen LogP contribution is -2.59. The van der Waals surface area contributed by atoms with Crippen molar-refractivity contribution in [3.8, 4) is 0 Å². The summed E-state index contributed by atoms with van der Waals surface area (Å²) in [5, 5.41) is 3.23. The van der Waals surface area contributed by atoms with Gasteiger partial charge >= 0.3 is 5.97 Å². The van der Waals surface area contributed by atoms with Gasteiger partial charge in [0.05, 0.1) is 19.4 Å². The fraction of sp³-hybridized carbons (Fsp3) is 0.955. The van der Waals surface area contributed by atoms with Crippen LogP contribution < -0.4 is 5.32 Å². The third-order valence-corrected chi connectivity index (χ3v) is 7.82. The lowest BCUT2D eigenvalue weighted by Gasteiger charge is -2.57. The van der Waals surface area contributed by atoms with E-state index in [4.69, 9.17) is 23.8 Å². The van der Waals surface area contributed by atoms with Crippen LogP contribution in [0.15, 0.2) is 0 Å². The molecule has 32 heavy (non-hydrogen) atoms. The molecule has 0 aromatic heterocycles. The predicted molar refractivity (Wildman–Crippen MR) is 115 cm³/mol. The van der Waals surface area contributed by atoms with Crippen LogP contribution in [0.25, 0.3) is 0 Å². The van der Waals surface area contributed by atoms with Crippen LogP contribution in [0.5, 0.6) is 0 Å². The molecule has 0 radical (unpaired) electrons. The molecule has 10 heteroatoms. The topological polar surface area (TPSA) is 120 Å². The minimum absolute atomic E-state index is 0.176. The van der Waals surface area contributed by atoms with Crippen LogP contribution in [0.3, 0.4) is 0 Å². The highest BCUT2D eigenvalue weighted by molar-refractivity contribution is 7.85. The van der Waals surface area contributed by atoms with Gasteiger partial charge in [0, 0.05) is 24.7 Å². The van der Waals surface area contributed by atoms with E-state index in [1.165, 1.54) is 32.1 Å². The van der Waals surface area contributed by atoms with E-state index in [0.29, 0.717) is 37.2 Å². The summed E-state index contributed by atoms with van der Waals surface area (Å²) in [5.41, 5.74) is 0. The summed E-state index contributed by atoms with van der Waals surface area (Å²) in [7, 11) is -3.67. The van der Waals surface area contributed by atoms with Crippen LogP contribution >= 0.6 is 0 Å². The second-order valence-corrected chi connectivity index (χ2v) is 11.8. The molecule has 0 atom stereocenters. The minimum Gasteiger partial charge on any atom is -0.465 e. The van der Waals surface area contributed by atoms with E-state index in [0.717, 1.165) is 44.1 Å². The monoisotopic (exact) mass is 475 g/mol. The molecule has 0 amide bonds. The van der Waals surface area contributed by atoms with Crippen molar-refractivity contribution in [3.63, 3.8) is 0 Å². The quantitative estimate of drug-likeness (QED) is 0.351. The molecule has 5 saturated carbocycles. The third kappa shape index (κ3) is 5.47. The fourth-order valence-electron chi connectivity index (χ4n) is 6.71. The van der Waals surface area contributed by atoms with Crippen LogP contribution in [0.2, 0.25) is 0 Å². The van der Waals surface area contributed by atoms with Crippen LogP contribution in [0.4, 0.5) is 0 Å². The smallest absolute Gasteiger partial charge is 0.319 e. The normalized spacial score (nSPS) is 42.2. The number of carbonyl (C=O) groups is 1. The molecular formula is C22H37NO8S. The summed E-state index contributed by atoms with van der Waals surface area (Å²) < 4.78 is 37.6. The molecule has 5 aliphatic carbocycles. The van der Waals surface area contributed by atoms with Crippen LogP contribution in [0, 0.1) is 29.6 Å². The summed E-state index contributed by atoms with van der Waals surface area (Å²) >= 11 is 0. The Morgan fingerprint density at radius 2 is 1.62 bits per heavy atom. The Morgan fingerprint density at radius 3 is 2.16 bits per heavy atom. The van der Waals surface area contributed by atoms with Gasteiger partial charge in [0.1, 0.15) is 0 Å². The number of hydrogen-bond donors (Lipinski definition) is 2. The molecule has 4 bridgehead atoms. The number of nitrogens with one attached hydrogen (secondary N) is 1. The number of esters is 1. The maximum atomic E-state index is 11.4. The molecule has 2 spiro atoms. The van der Waals surface area contributed by atoms with Crippen molar-refractivity contribution < 1.29 is 37.0 Å². The maximum Gasteiger partial charge on any atom is 0.319 e. The summed E-state index contributed by atoms with van der Waals surface area (Å²) in [6.07, 6.45) is 11.0. The van der Waals surface area contributed by atoms with Gasteiger partial charge in [-0.15, -0.1) is 0 Å². The van der Waals surface area contributed by atoms with Crippen molar-refractivity contribution in [2.45, 2.75) is 76.3 Å². The highest BCUT2D eigenvalue weighted by atomic mass is 32.2. The summed E-state index contributed by atoms with van der Waals surface area (Å²) in [4.78, 5) is 23.5. The zero-order chi connectivity index (χ0) is 23.0. The standard InChI is InChI=1S/C21H33NO5.CH4O3S/c1-2-24-19(23)13-22-12-14-3-5-20(6-4-14)25-21(27-26-20)17-8-15-7-16(10-17)11-18(21)9-15;1-5(2,3)4/h14-18,22H,2-13H2,1H3;1H3,(H,2,3,4). The molecule has 1 heterocycles. The van der Waals surface area contributed by atoms with E-state index in [1.54, 1.807) is 0 Å². The highest BCUT2D eigenvalue weighted by Gasteiger charge is 2.66. The summed E-state index contributed by atoms with van der Waals surface area (Å²) in [6.45, 7) is 3.40. The van der Waals surface area contributed by atoms with E-state index in [9.17, 15) is 13.2 Å². The van der Waals surface area contributed by atoms with Crippen molar-refractivity contribution in [1.82, 2.24) is 5.32 Å². The first kappa shape index (κ1) is 24.3. The number of rotatable bonds is 5. The second-order valence-electron chi connectivity index (χ2n) is 10.3. The molecule has 9 nitrogen and oxygen atoms in total. The molecule has 2 N–H and O–H groups in total. The van der Waals surface area contributed by atoms with Crippen LogP contribution in [0.1, 0.15) is 64.7 Å². The third-order valence-electron chi connectivity index (χ3n) is 7.82. The lowest BCUT2D eigenvalue weighted by molar-refractivity contribution is -0.390. The van der Waals surface area contributed by atoms with Gasteiger partial charge < -0.3 is 14.8 Å². The van der Waals surface area contributed by atoms with Gasteiger partial charge in [-0.05, 0) is 76.2 Å². The second kappa shape index (κ2) is 9.46. The molecule has 0 aromatic carbocycles. The number of carbonyl (C=O) groups excluding carboxylic acids is 1. The molecule has 0 aromatic rings. The molecular weight excluding hydrogens is 438 g/mol. The first-order valence-electron chi connectivity index (χ1n) is 12.0. The van der Waals surface area contributed by atoms with E-state index in [2.05, 4.69) is 5.32 Å². The van der Waals surface area contributed by atoms with Gasteiger partial charge in [-0.2, -0.15) is 18.2 Å². The Bertz CT molecular complexity index is 741. The zero-order valence-corrected chi connectivity index (χ0v) is 19.9. The van der Waals surface area contributed by atoms with Crippen LogP contribution in [-0.2, 0) is 34.2 Å². The minimum atomic E-state index is -3.67. The van der Waals surface area contributed by atoms with Crippen molar-refractivity contribution in [3.05, 3.63) is 0 Å². The van der Waals surface area contributed by atoms with E-state index >= 15 is 0 Å². The lowest BCUT2D eigenvalue weighted by atomic mass is 9.53. The fourth-order valence-corrected chi connectivity index (χ4v) is 6.71. The van der Waals surface area contributed by atoms with Gasteiger partial charge in [0.15, 0.2) is 0 Å². The van der Waals surface area contributed by atoms with E-state index < -0.39 is 21.7 Å². The molecule has 0 unspecified atom stereocenters. The average molecular weight is 476 g/mol. The molecule has 6 rings (SSSR count). The number of ether oxygens (including phenoxy) is 2. The molecule has 6 fully saturated rings. The Labute approximate surface area is 190 Å². The SMILES string of the molecule is CCOC(=O)CNCC1CCC2(CC1)OOC1(O2)C2CC3CC(C2)CC1C3.CS(=O)(=O)O. The van der Waals surface area contributed by atoms with E-state index in [1.807, 2.05) is 6.92 Å². The van der Waals surface area contributed by atoms with E-state index in [-0.39, 0.29) is 5.97 Å². The number of hydrogen-bond acceptors (Lipinski definition) is 8. The van der Waals surface area contributed by atoms with Crippen molar-refractivity contribution in [1.29, 1.82) is 0 Å². The predicted octanol–water partition coefficient (Wildman–Crippen LogP) is 2.66. The Balaban J connectivity index is 0.000000444. The molecule has 6 aliphatic rings. The Kier molecular flexibility index (Phi) is 7.20. The van der Waals surface area contributed by atoms with Crippen LogP contribution in [-0.4, -0.2) is 56.5 Å². The first-order valence-corrected chi connectivity index (χ1v) is 13.8. The first-order chi connectivity index (χ1) is 15.1. The Morgan fingerprint density at radius 1 is 1.06 bits per heavy atom. The van der Waals surface area contributed by atoms with Gasteiger partial charge in [-0.3, -0.25) is 9.35 Å². The molecule has 1 aliphatic heterocycles. The molecule has 184 valence electrons. The van der Waals surface area contributed by atoms with Gasteiger partial charge in [-0.25, -0.2) is 0 Å². The van der Waals surface area contributed by atoms with Gasteiger partial charge in [0.2, 0.25) is 11.6 Å². The zero-order valence-electron chi connectivity index (χ0n) is 19.1. The highest BCUT2D eigenvalue weighted by Crippen LogP contribution is 2.63. The molecule has 1 saturated heterocycles. The van der Waals surface area contributed by atoms with Crippen molar-refractivity contribution in [2.24, 2.45) is 29.6 Å². The summed E-state index contributed by atoms with van der Waals surface area (Å²) in [5.74, 6) is 2.22. The van der Waals surface area contributed by atoms with Gasteiger partial charge in [0.25, 0.3) is 10.1 Å². The van der Waals surface area contributed by atoms with Gasteiger partial charge in [-0.1, -0.05) is 0 Å². The van der Waals surface area contributed by atoms with Crippen molar-refractivity contribution in [2.75, 3.05) is 26.0 Å². The summed E-state index contributed by atoms with van der Waals surface area (Å²) in [6, 6.07) is 0. The largest absolute Gasteiger partial charge is 0.465 e. The average Bonchev–Trinajstić information content (AvgIpc) is 3.07.